The maximum atomic E-state index is 13.0. The minimum absolute atomic E-state index is 0.239. The molecule has 0 aliphatic heterocycles. The number of fused-ring (bicyclic) bond motifs is 1. The molecule has 0 bridgehead atoms. The quantitative estimate of drug-likeness (QED) is 0.594. The highest BCUT2D eigenvalue weighted by Gasteiger charge is 2.21. The van der Waals surface area contributed by atoms with Crippen molar-refractivity contribution in [3.05, 3.63) is 47.7 Å². The fraction of sp³-hybridized carbons (Fsp3) is 0.278. The van der Waals surface area contributed by atoms with E-state index in [-0.39, 0.29) is 11.9 Å². The van der Waals surface area contributed by atoms with Gasteiger partial charge in [0.1, 0.15) is 0 Å². The largest absolute Gasteiger partial charge is 0.344 e. The molecule has 4 heterocycles. The number of hydrogen-bond acceptors (Lipinski definition) is 6. The lowest BCUT2D eigenvalue weighted by atomic mass is 10.1. The summed E-state index contributed by atoms with van der Waals surface area (Å²) in [4.78, 5) is 17.5. The molecule has 138 valence electrons. The summed E-state index contributed by atoms with van der Waals surface area (Å²) in [5.74, 6) is -0.239. The monoisotopic (exact) mass is 365 g/mol. The summed E-state index contributed by atoms with van der Waals surface area (Å²) in [6.07, 6.45) is 5.36. The standard InChI is InChI=1S/C18H19N7O2/c1-10(14-5-6-24(3)22-14)20-17(26)13-7-15(12-8-19-25(4)9-12)21-18-16(13)11(2)23-27-18/h5-10H,1-4H3,(H,20,26). The maximum absolute atomic E-state index is 13.0. The van der Waals surface area contributed by atoms with Crippen LogP contribution in [0.2, 0.25) is 0 Å². The van der Waals surface area contributed by atoms with Gasteiger partial charge in [-0.2, -0.15) is 10.2 Å². The first-order valence-electron chi connectivity index (χ1n) is 8.49. The number of carbonyl (C=O) groups is 1. The first-order valence-corrected chi connectivity index (χ1v) is 8.49. The van der Waals surface area contributed by atoms with Gasteiger partial charge in [0.15, 0.2) is 0 Å². The summed E-state index contributed by atoms with van der Waals surface area (Å²) in [6.45, 7) is 3.68. The summed E-state index contributed by atoms with van der Waals surface area (Å²) >= 11 is 0. The Hall–Kier alpha value is -3.49. The molecule has 0 fully saturated rings. The van der Waals surface area contributed by atoms with Gasteiger partial charge in [-0.05, 0) is 26.0 Å². The van der Waals surface area contributed by atoms with Crippen LogP contribution in [0.5, 0.6) is 0 Å². The molecule has 27 heavy (non-hydrogen) atoms. The lowest BCUT2D eigenvalue weighted by Crippen LogP contribution is -2.27. The van der Waals surface area contributed by atoms with Gasteiger partial charge >= 0.3 is 0 Å². The number of carbonyl (C=O) groups excluding carboxylic acids is 1. The normalized spacial score (nSPS) is 12.4. The second-order valence-corrected chi connectivity index (χ2v) is 6.52. The predicted molar refractivity (Wildman–Crippen MR) is 97.8 cm³/mol. The van der Waals surface area contributed by atoms with Gasteiger partial charge in [-0.25, -0.2) is 4.98 Å². The third kappa shape index (κ3) is 3.07. The fourth-order valence-electron chi connectivity index (χ4n) is 2.99. The van der Waals surface area contributed by atoms with E-state index >= 15 is 0 Å². The van der Waals surface area contributed by atoms with Crippen molar-refractivity contribution < 1.29 is 9.32 Å². The molecule has 0 aromatic carbocycles. The van der Waals surface area contributed by atoms with E-state index in [0.29, 0.717) is 28.1 Å². The van der Waals surface area contributed by atoms with E-state index in [4.69, 9.17) is 4.52 Å². The molecule has 4 aromatic rings. The molecule has 0 aliphatic rings. The number of aryl methyl sites for hydroxylation is 3. The molecule has 4 aromatic heterocycles. The first-order chi connectivity index (χ1) is 12.9. The van der Waals surface area contributed by atoms with Crippen LogP contribution in [0.15, 0.2) is 35.2 Å². The highest BCUT2D eigenvalue weighted by molar-refractivity contribution is 6.07. The molecule has 9 heteroatoms. The molecule has 1 atom stereocenters. The Morgan fingerprint density at radius 2 is 2.11 bits per heavy atom. The molecule has 1 N–H and O–H groups in total. The van der Waals surface area contributed by atoms with Crippen LogP contribution in [0.25, 0.3) is 22.4 Å². The van der Waals surface area contributed by atoms with E-state index in [1.165, 1.54) is 0 Å². The second kappa shape index (κ2) is 6.35. The van der Waals surface area contributed by atoms with E-state index in [1.54, 1.807) is 28.6 Å². The van der Waals surface area contributed by atoms with Gasteiger partial charge in [0.05, 0.1) is 40.3 Å². The van der Waals surface area contributed by atoms with Crippen LogP contribution in [0.3, 0.4) is 0 Å². The van der Waals surface area contributed by atoms with Crippen LogP contribution in [-0.2, 0) is 14.1 Å². The summed E-state index contributed by atoms with van der Waals surface area (Å²) in [5, 5.41) is 16.1. The highest BCUT2D eigenvalue weighted by Crippen LogP contribution is 2.27. The summed E-state index contributed by atoms with van der Waals surface area (Å²) in [7, 11) is 3.66. The zero-order valence-electron chi connectivity index (χ0n) is 15.5. The smallest absolute Gasteiger partial charge is 0.259 e. The third-order valence-corrected chi connectivity index (χ3v) is 4.39. The molecular formula is C18H19N7O2. The zero-order valence-corrected chi connectivity index (χ0v) is 15.5. The Labute approximate surface area is 155 Å². The predicted octanol–water partition coefficient (Wildman–Crippen LogP) is 2.16. The van der Waals surface area contributed by atoms with Crippen LogP contribution in [-0.4, -0.2) is 35.6 Å². The molecule has 4 rings (SSSR count). The molecule has 0 spiro atoms. The Morgan fingerprint density at radius 3 is 2.78 bits per heavy atom. The topological polar surface area (TPSA) is 104 Å². The summed E-state index contributed by atoms with van der Waals surface area (Å²) < 4.78 is 8.70. The first kappa shape index (κ1) is 17.0. The van der Waals surface area contributed by atoms with Crippen molar-refractivity contribution in [3.63, 3.8) is 0 Å². The number of hydrogen-bond donors (Lipinski definition) is 1. The lowest BCUT2D eigenvalue weighted by molar-refractivity contribution is 0.0940. The van der Waals surface area contributed by atoms with E-state index in [0.717, 1.165) is 11.3 Å². The van der Waals surface area contributed by atoms with Crippen LogP contribution in [0.4, 0.5) is 0 Å². The van der Waals surface area contributed by atoms with Gasteiger partial charge in [0, 0.05) is 32.1 Å². The van der Waals surface area contributed by atoms with E-state index in [2.05, 4.69) is 25.7 Å². The van der Waals surface area contributed by atoms with Crippen LogP contribution >= 0.6 is 0 Å². The van der Waals surface area contributed by atoms with Gasteiger partial charge in [0.25, 0.3) is 11.6 Å². The highest BCUT2D eigenvalue weighted by atomic mass is 16.5. The van der Waals surface area contributed by atoms with E-state index in [9.17, 15) is 4.79 Å². The van der Waals surface area contributed by atoms with Gasteiger partial charge in [-0.1, -0.05) is 5.16 Å². The third-order valence-electron chi connectivity index (χ3n) is 4.39. The Balaban J connectivity index is 1.74. The van der Waals surface area contributed by atoms with E-state index in [1.807, 2.05) is 39.5 Å². The average Bonchev–Trinajstić information content (AvgIpc) is 3.35. The van der Waals surface area contributed by atoms with Crippen molar-refractivity contribution in [2.45, 2.75) is 19.9 Å². The number of rotatable bonds is 4. The van der Waals surface area contributed by atoms with Crippen molar-refractivity contribution >= 4 is 17.0 Å². The fourth-order valence-corrected chi connectivity index (χ4v) is 2.99. The molecule has 1 unspecified atom stereocenters. The van der Waals surface area contributed by atoms with Crippen molar-refractivity contribution in [2.75, 3.05) is 0 Å². The van der Waals surface area contributed by atoms with Gasteiger partial charge < -0.3 is 9.84 Å². The Kier molecular flexibility index (Phi) is 3.98. The average molecular weight is 365 g/mol. The van der Waals surface area contributed by atoms with Crippen LogP contribution in [0.1, 0.15) is 34.7 Å². The van der Waals surface area contributed by atoms with Crippen LogP contribution < -0.4 is 5.32 Å². The van der Waals surface area contributed by atoms with Crippen molar-refractivity contribution in [3.8, 4) is 11.3 Å². The molecule has 0 saturated carbocycles. The Bertz CT molecular complexity index is 1140. The number of pyridine rings is 1. The second-order valence-electron chi connectivity index (χ2n) is 6.52. The summed E-state index contributed by atoms with van der Waals surface area (Å²) in [5.41, 5.74) is 3.57. The number of nitrogens with one attached hydrogen (secondary N) is 1. The molecular weight excluding hydrogens is 346 g/mol. The van der Waals surface area contributed by atoms with Gasteiger partial charge in [0.2, 0.25) is 0 Å². The maximum Gasteiger partial charge on any atom is 0.259 e. The Morgan fingerprint density at radius 1 is 1.30 bits per heavy atom. The van der Waals surface area contributed by atoms with Crippen molar-refractivity contribution in [2.24, 2.45) is 14.1 Å². The molecule has 0 radical (unpaired) electrons. The van der Waals surface area contributed by atoms with Crippen molar-refractivity contribution in [1.82, 2.24) is 35.0 Å². The molecule has 1 amide bonds. The van der Waals surface area contributed by atoms with Gasteiger partial charge in [-0.15, -0.1) is 0 Å². The molecule has 0 aliphatic carbocycles. The molecule has 0 saturated heterocycles. The van der Waals surface area contributed by atoms with Crippen LogP contribution in [0, 0.1) is 6.92 Å². The molecule has 9 nitrogen and oxygen atoms in total. The SMILES string of the molecule is Cc1noc2nc(-c3cnn(C)c3)cc(C(=O)NC(C)c3ccn(C)n3)c12. The van der Waals surface area contributed by atoms with E-state index < -0.39 is 0 Å². The minimum Gasteiger partial charge on any atom is -0.344 e. The number of amides is 1. The minimum atomic E-state index is -0.246. The summed E-state index contributed by atoms with van der Waals surface area (Å²) in [6, 6.07) is 3.37. The van der Waals surface area contributed by atoms with Gasteiger partial charge in [-0.3, -0.25) is 14.2 Å². The zero-order chi connectivity index (χ0) is 19.1. The number of aromatic nitrogens is 6. The lowest BCUT2D eigenvalue weighted by Gasteiger charge is -2.12. The van der Waals surface area contributed by atoms with Crippen molar-refractivity contribution in [1.29, 1.82) is 0 Å². The number of nitrogens with zero attached hydrogens (tertiary/aromatic N) is 6.